The van der Waals surface area contributed by atoms with Crippen molar-refractivity contribution in [2.75, 3.05) is 13.1 Å². The highest BCUT2D eigenvalue weighted by Crippen LogP contribution is 2.18. The summed E-state index contributed by atoms with van der Waals surface area (Å²) in [7, 11) is -3.47. The van der Waals surface area contributed by atoms with Gasteiger partial charge in [0.1, 0.15) is 0 Å². The van der Waals surface area contributed by atoms with Crippen LogP contribution in [0.1, 0.15) is 26.7 Å². The highest BCUT2D eigenvalue weighted by atomic mass is 32.2. The monoisotopic (exact) mass is 272 g/mol. The Labute approximate surface area is 108 Å². The molecule has 2 N–H and O–H groups in total. The van der Waals surface area contributed by atoms with Gasteiger partial charge in [-0.3, -0.25) is 5.10 Å². The number of aromatic amines is 1. The van der Waals surface area contributed by atoms with Crippen LogP contribution < -0.4 is 5.32 Å². The second kappa shape index (κ2) is 5.38. The van der Waals surface area contributed by atoms with Crippen LogP contribution in [0.25, 0.3) is 0 Å². The number of H-pyrrole nitrogens is 1. The fourth-order valence-corrected chi connectivity index (χ4v) is 3.81. The Bertz CT molecular complexity index is 463. The Hall–Kier alpha value is -0.920. The number of nitrogens with one attached hydrogen (secondary N) is 2. The molecular formula is C11H20N4O2S. The zero-order valence-electron chi connectivity index (χ0n) is 10.8. The molecule has 1 saturated heterocycles. The van der Waals surface area contributed by atoms with E-state index in [1.54, 1.807) is 0 Å². The number of sulfonamides is 1. The van der Waals surface area contributed by atoms with Crippen molar-refractivity contribution < 1.29 is 8.42 Å². The molecule has 1 atom stereocenters. The van der Waals surface area contributed by atoms with Crippen LogP contribution in [0.2, 0.25) is 0 Å². The molecular weight excluding hydrogens is 252 g/mol. The van der Waals surface area contributed by atoms with Crippen LogP contribution in [-0.4, -0.2) is 48.1 Å². The van der Waals surface area contributed by atoms with E-state index in [0.717, 1.165) is 19.4 Å². The second-order valence-electron chi connectivity index (χ2n) is 4.88. The summed E-state index contributed by atoms with van der Waals surface area (Å²) in [6.45, 7) is 5.27. The van der Waals surface area contributed by atoms with Gasteiger partial charge in [0, 0.05) is 18.6 Å². The molecule has 102 valence electrons. The first kappa shape index (κ1) is 13.5. The molecule has 1 aliphatic rings. The minimum absolute atomic E-state index is 0.0688. The third kappa shape index (κ3) is 2.73. The summed E-state index contributed by atoms with van der Waals surface area (Å²) in [5.41, 5.74) is 0. The van der Waals surface area contributed by atoms with Crippen molar-refractivity contribution in [1.82, 2.24) is 19.8 Å². The summed E-state index contributed by atoms with van der Waals surface area (Å²) in [5.74, 6) is 0. The van der Waals surface area contributed by atoms with Crippen molar-refractivity contribution in [3.05, 3.63) is 12.3 Å². The van der Waals surface area contributed by atoms with Gasteiger partial charge in [-0.05, 0) is 39.3 Å². The molecule has 1 fully saturated rings. The Morgan fingerprint density at radius 3 is 2.83 bits per heavy atom. The van der Waals surface area contributed by atoms with Crippen LogP contribution in [0.5, 0.6) is 0 Å². The zero-order chi connectivity index (χ0) is 13.2. The highest BCUT2D eigenvalue weighted by molar-refractivity contribution is 7.89. The normalized spacial score (nSPS) is 21.0. The standard InChI is InChI=1S/C11H20N4O2S/c1-9(2)15(8-10-4-3-6-12-10)18(16,17)11-5-7-13-14-11/h5,7,9-10,12H,3-4,6,8H2,1-2H3,(H,13,14). The van der Waals surface area contributed by atoms with Gasteiger partial charge in [-0.15, -0.1) is 0 Å². The number of aromatic nitrogens is 2. The molecule has 1 unspecified atom stereocenters. The first-order valence-electron chi connectivity index (χ1n) is 6.26. The molecule has 0 radical (unpaired) electrons. The van der Waals surface area contributed by atoms with E-state index in [4.69, 9.17) is 0 Å². The fraction of sp³-hybridized carbons (Fsp3) is 0.727. The predicted molar refractivity (Wildman–Crippen MR) is 68.6 cm³/mol. The third-order valence-corrected chi connectivity index (χ3v) is 5.17. The summed E-state index contributed by atoms with van der Waals surface area (Å²) in [6, 6.07) is 1.68. The largest absolute Gasteiger partial charge is 0.313 e. The molecule has 0 spiro atoms. The number of hydrogen-bond acceptors (Lipinski definition) is 4. The molecule has 1 aromatic rings. The van der Waals surface area contributed by atoms with Gasteiger partial charge in [0.05, 0.1) is 6.20 Å². The van der Waals surface area contributed by atoms with Gasteiger partial charge in [0.2, 0.25) is 0 Å². The van der Waals surface area contributed by atoms with E-state index < -0.39 is 10.0 Å². The Kier molecular flexibility index (Phi) is 4.04. The molecule has 2 rings (SSSR count). The first-order valence-corrected chi connectivity index (χ1v) is 7.70. The Morgan fingerprint density at radius 1 is 1.56 bits per heavy atom. The van der Waals surface area contributed by atoms with Crippen LogP contribution in [-0.2, 0) is 10.0 Å². The van der Waals surface area contributed by atoms with E-state index in [1.165, 1.54) is 16.6 Å². The summed E-state index contributed by atoms with van der Waals surface area (Å²) in [4.78, 5) is 0. The van der Waals surface area contributed by atoms with Crippen LogP contribution in [0, 0.1) is 0 Å². The van der Waals surface area contributed by atoms with Gasteiger partial charge in [0.15, 0.2) is 5.03 Å². The lowest BCUT2D eigenvalue weighted by Gasteiger charge is -2.27. The van der Waals surface area contributed by atoms with E-state index in [2.05, 4.69) is 15.5 Å². The highest BCUT2D eigenvalue weighted by Gasteiger charge is 2.31. The summed E-state index contributed by atoms with van der Waals surface area (Å²) < 4.78 is 26.4. The molecule has 0 amide bonds. The van der Waals surface area contributed by atoms with Crippen molar-refractivity contribution in [2.45, 2.75) is 43.8 Å². The maximum Gasteiger partial charge on any atom is 0.260 e. The molecule has 7 heteroatoms. The van der Waals surface area contributed by atoms with Crippen LogP contribution >= 0.6 is 0 Å². The predicted octanol–water partition coefficient (Wildman–Crippen LogP) is 0.561. The van der Waals surface area contributed by atoms with Gasteiger partial charge < -0.3 is 5.32 Å². The topological polar surface area (TPSA) is 78.1 Å². The lowest BCUT2D eigenvalue weighted by molar-refractivity contribution is 0.321. The van der Waals surface area contributed by atoms with Crippen LogP contribution in [0.4, 0.5) is 0 Å². The van der Waals surface area contributed by atoms with Gasteiger partial charge in [-0.1, -0.05) is 0 Å². The average Bonchev–Trinajstić information content (AvgIpc) is 2.98. The third-order valence-electron chi connectivity index (χ3n) is 3.20. The summed E-state index contributed by atoms with van der Waals surface area (Å²) in [5, 5.41) is 9.74. The van der Waals surface area contributed by atoms with Gasteiger partial charge in [-0.25, -0.2) is 8.42 Å². The number of rotatable bonds is 5. The fourth-order valence-electron chi connectivity index (χ4n) is 2.23. The van der Waals surface area contributed by atoms with E-state index >= 15 is 0 Å². The van der Waals surface area contributed by atoms with Gasteiger partial charge in [0.25, 0.3) is 10.0 Å². The van der Waals surface area contributed by atoms with E-state index in [0.29, 0.717) is 6.54 Å². The molecule has 0 aromatic carbocycles. The van der Waals surface area contributed by atoms with Crippen molar-refractivity contribution in [3.63, 3.8) is 0 Å². The summed E-state index contributed by atoms with van der Waals surface area (Å²) >= 11 is 0. The van der Waals surface area contributed by atoms with E-state index in [1.807, 2.05) is 13.8 Å². The molecule has 18 heavy (non-hydrogen) atoms. The van der Waals surface area contributed by atoms with Crippen molar-refractivity contribution >= 4 is 10.0 Å². The number of hydrogen-bond donors (Lipinski definition) is 2. The summed E-state index contributed by atoms with van der Waals surface area (Å²) in [6.07, 6.45) is 3.60. The molecule has 0 aliphatic carbocycles. The van der Waals surface area contributed by atoms with Gasteiger partial charge in [-0.2, -0.15) is 9.40 Å². The second-order valence-corrected chi connectivity index (χ2v) is 6.74. The maximum absolute atomic E-state index is 12.4. The molecule has 1 aliphatic heterocycles. The first-order chi connectivity index (χ1) is 8.51. The van der Waals surface area contributed by atoms with Crippen molar-refractivity contribution in [3.8, 4) is 0 Å². The molecule has 6 nitrogen and oxygen atoms in total. The lowest BCUT2D eigenvalue weighted by Crippen LogP contribution is -2.44. The smallest absolute Gasteiger partial charge is 0.260 e. The van der Waals surface area contributed by atoms with Gasteiger partial charge >= 0.3 is 0 Å². The Balaban J connectivity index is 2.19. The quantitative estimate of drug-likeness (QED) is 0.821. The lowest BCUT2D eigenvalue weighted by atomic mass is 10.2. The molecule has 0 saturated carbocycles. The van der Waals surface area contributed by atoms with E-state index in [-0.39, 0.29) is 17.1 Å². The average molecular weight is 272 g/mol. The van der Waals surface area contributed by atoms with E-state index in [9.17, 15) is 8.42 Å². The molecule has 0 bridgehead atoms. The minimum Gasteiger partial charge on any atom is -0.313 e. The van der Waals surface area contributed by atoms with Crippen LogP contribution in [0.15, 0.2) is 17.3 Å². The SMILES string of the molecule is CC(C)N(CC1CCCN1)S(=O)(=O)c1ccn[nH]1. The maximum atomic E-state index is 12.4. The molecule has 1 aromatic heterocycles. The zero-order valence-corrected chi connectivity index (χ0v) is 11.6. The van der Waals surface area contributed by atoms with Crippen molar-refractivity contribution in [1.29, 1.82) is 0 Å². The van der Waals surface area contributed by atoms with Crippen LogP contribution in [0.3, 0.4) is 0 Å². The molecule has 2 heterocycles. The minimum atomic E-state index is -3.47. The Morgan fingerprint density at radius 2 is 2.33 bits per heavy atom. The van der Waals surface area contributed by atoms with Crippen molar-refractivity contribution in [2.24, 2.45) is 0 Å². The number of nitrogens with zero attached hydrogens (tertiary/aromatic N) is 2.